The van der Waals surface area contributed by atoms with E-state index in [1.807, 2.05) is 28.7 Å². The molecule has 2 aliphatic rings. The summed E-state index contributed by atoms with van der Waals surface area (Å²) in [6, 6.07) is 2.39. The summed E-state index contributed by atoms with van der Waals surface area (Å²) in [5.41, 5.74) is 0. The van der Waals surface area contributed by atoms with Crippen molar-refractivity contribution in [3.05, 3.63) is 18.5 Å². The van der Waals surface area contributed by atoms with Gasteiger partial charge < -0.3 is 10.6 Å². The van der Waals surface area contributed by atoms with Crippen LogP contribution in [0.1, 0.15) is 44.6 Å². The number of rotatable bonds is 5. The van der Waals surface area contributed by atoms with Gasteiger partial charge in [0.25, 0.3) is 0 Å². The maximum atomic E-state index is 12.2. The van der Waals surface area contributed by atoms with Crippen molar-refractivity contribution in [2.24, 2.45) is 0 Å². The SMILES string of the molecule is CSC1(CNC(=O)N[C@@H]2CCCC[C@@H]2n2cccn2)CC1. The summed E-state index contributed by atoms with van der Waals surface area (Å²) in [6.45, 7) is 0.777. The number of carbonyl (C=O) groups excluding carboxylic acids is 1. The Morgan fingerprint density at radius 3 is 2.90 bits per heavy atom. The van der Waals surface area contributed by atoms with Crippen molar-refractivity contribution < 1.29 is 4.79 Å². The number of nitrogens with one attached hydrogen (secondary N) is 2. The number of urea groups is 1. The second-order valence-corrected chi connectivity index (χ2v) is 7.43. The smallest absolute Gasteiger partial charge is 0.315 e. The lowest BCUT2D eigenvalue weighted by atomic mass is 9.90. The maximum Gasteiger partial charge on any atom is 0.315 e. The third kappa shape index (κ3) is 3.54. The fourth-order valence-electron chi connectivity index (χ4n) is 3.13. The van der Waals surface area contributed by atoms with Crippen LogP contribution in [0, 0.1) is 0 Å². The Balaban J connectivity index is 1.53. The van der Waals surface area contributed by atoms with Gasteiger partial charge in [0.15, 0.2) is 0 Å². The predicted octanol–water partition coefficient (Wildman–Crippen LogP) is 2.56. The second-order valence-electron chi connectivity index (χ2n) is 6.16. The number of carbonyl (C=O) groups is 1. The van der Waals surface area contributed by atoms with Crippen molar-refractivity contribution in [3.63, 3.8) is 0 Å². The quantitative estimate of drug-likeness (QED) is 0.879. The van der Waals surface area contributed by atoms with Crippen LogP contribution >= 0.6 is 11.8 Å². The molecule has 0 saturated heterocycles. The van der Waals surface area contributed by atoms with Crippen molar-refractivity contribution in [1.82, 2.24) is 20.4 Å². The zero-order valence-corrected chi connectivity index (χ0v) is 13.4. The van der Waals surface area contributed by atoms with Gasteiger partial charge in [-0.15, -0.1) is 0 Å². The van der Waals surface area contributed by atoms with E-state index in [-0.39, 0.29) is 18.1 Å². The number of amides is 2. The summed E-state index contributed by atoms with van der Waals surface area (Å²) in [6.07, 6.45) is 12.9. The highest BCUT2D eigenvalue weighted by molar-refractivity contribution is 8.00. The standard InChI is InChI=1S/C15H24N4OS/c1-21-15(7-8-15)11-16-14(20)18-12-5-2-3-6-13(12)19-10-4-9-17-19/h4,9-10,12-13H,2-3,5-8,11H2,1H3,(H2,16,18,20)/t12-,13+/m1/s1. The van der Waals surface area contributed by atoms with Crippen molar-refractivity contribution >= 4 is 17.8 Å². The molecule has 0 aromatic carbocycles. The molecule has 1 aromatic heterocycles. The van der Waals surface area contributed by atoms with E-state index in [0.29, 0.717) is 4.75 Å². The first-order valence-electron chi connectivity index (χ1n) is 7.81. The van der Waals surface area contributed by atoms with Crippen LogP contribution in [-0.2, 0) is 0 Å². The zero-order chi connectivity index (χ0) is 14.7. The van der Waals surface area contributed by atoms with Crippen LogP contribution in [0.4, 0.5) is 4.79 Å². The first kappa shape index (κ1) is 14.8. The van der Waals surface area contributed by atoms with Gasteiger partial charge in [-0.25, -0.2) is 4.79 Å². The number of hydrogen-bond donors (Lipinski definition) is 2. The average molecular weight is 308 g/mol. The molecule has 116 valence electrons. The lowest BCUT2D eigenvalue weighted by Crippen LogP contribution is -2.48. The Morgan fingerprint density at radius 2 is 2.24 bits per heavy atom. The van der Waals surface area contributed by atoms with Crippen molar-refractivity contribution in [3.8, 4) is 0 Å². The number of thioether (sulfide) groups is 1. The van der Waals surface area contributed by atoms with Gasteiger partial charge in [0.2, 0.25) is 0 Å². The third-order valence-corrected chi connectivity index (χ3v) is 6.14. The van der Waals surface area contributed by atoms with E-state index in [9.17, 15) is 4.79 Å². The highest BCUT2D eigenvalue weighted by Gasteiger charge is 2.42. The molecule has 2 amide bonds. The van der Waals surface area contributed by atoms with Gasteiger partial charge in [-0.3, -0.25) is 4.68 Å². The van der Waals surface area contributed by atoms with E-state index < -0.39 is 0 Å². The molecular formula is C15H24N4OS. The molecule has 2 N–H and O–H groups in total. The Labute approximate surface area is 130 Å². The number of nitrogens with zero attached hydrogens (tertiary/aromatic N) is 2. The molecule has 0 unspecified atom stereocenters. The molecule has 1 aromatic rings. The van der Waals surface area contributed by atoms with Crippen LogP contribution in [-0.4, -0.2) is 39.4 Å². The monoisotopic (exact) mass is 308 g/mol. The molecule has 5 nitrogen and oxygen atoms in total. The van der Waals surface area contributed by atoms with Crippen molar-refractivity contribution in [1.29, 1.82) is 0 Å². The highest BCUT2D eigenvalue weighted by Crippen LogP contribution is 2.46. The largest absolute Gasteiger partial charge is 0.337 e. The molecule has 0 bridgehead atoms. The molecule has 2 saturated carbocycles. The molecule has 2 atom stereocenters. The second kappa shape index (κ2) is 6.30. The van der Waals surface area contributed by atoms with Crippen molar-refractivity contribution in [2.75, 3.05) is 12.8 Å². The van der Waals surface area contributed by atoms with Gasteiger partial charge in [-0.1, -0.05) is 12.8 Å². The van der Waals surface area contributed by atoms with E-state index in [1.165, 1.54) is 25.7 Å². The van der Waals surface area contributed by atoms with Gasteiger partial charge in [0.1, 0.15) is 0 Å². The van der Waals surface area contributed by atoms with Crippen LogP contribution in [0.2, 0.25) is 0 Å². The third-order valence-electron chi connectivity index (χ3n) is 4.72. The molecule has 6 heteroatoms. The summed E-state index contributed by atoms with van der Waals surface area (Å²) in [5, 5.41) is 10.6. The molecular weight excluding hydrogens is 284 g/mol. The first-order chi connectivity index (χ1) is 10.2. The van der Waals surface area contributed by atoms with Gasteiger partial charge in [-0.05, 0) is 38.0 Å². The lowest BCUT2D eigenvalue weighted by Gasteiger charge is -2.32. The molecule has 0 aliphatic heterocycles. The Kier molecular flexibility index (Phi) is 4.42. The Hall–Kier alpha value is -1.17. The summed E-state index contributed by atoms with van der Waals surface area (Å²) < 4.78 is 2.31. The minimum Gasteiger partial charge on any atom is -0.337 e. The molecule has 0 radical (unpaired) electrons. The van der Waals surface area contributed by atoms with E-state index in [0.717, 1.165) is 19.4 Å². The molecule has 21 heavy (non-hydrogen) atoms. The minimum absolute atomic E-state index is 0.0284. The lowest BCUT2D eigenvalue weighted by molar-refractivity contribution is 0.214. The van der Waals surface area contributed by atoms with Gasteiger partial charge >= 0.3 is 6.03 Å². The van der Waals surface area contributed by atoms with E-state index >= 15 is 0 Å². The fraction of sp³-hybridized carbons (Fsp3) is 0.733. The number of hydrogen-bond acceptors (Lipinski definition) is 3. The fourth-order valence-corrected chi connectivity index (χ4v) is 3.85. The predicted molar refractivity (Wildman–Crippen MR) is 85.5 cm³/mol. The van der Waals surface area contributed by atoms with Crippen LogP contribution < -0.4 is 10.6 Å². The van der Waals surface area contributed by atoms with E-state index in [1.54, 1.807) is 6.20 Å². The Bertz CT molecular complexity index is 472. The van der Waals surface area contributed by atoms with Gasteiger partial charge in [-0.2, -0.15) is 16.9 Å². The summed E-state index contributed by atoms with van der Waals surface area (Å²) in [7, 11) is 0. The highest BCUT2D eigenvalue weighted by atomic mass is 32.2. The Morgan fingerprint density at radius 1 is 1.43 bits per heavy atom. The first-order valence-corrected chi connectivity index (χ1v) is 9.04. The summed E-state index contributed by atoms with van der Waals surface area (Å²) in [5.74, 6) is 0. The maximum absolute atomic E-state index is 12.2. The zero-order valence-electron chi connectivity index (χ0n) is 12.5. The van der Waals surface area contributed by atoms with Gasteiger partial charge in [0, 0.05) is 23.7 Å². The van der Waals surface area contributed by atoms with Crippen LogP contribution in [0.5, 0.6) is 0 Å². The van der Waals surface area contributed by atoms with E-state index in [2.05, 4.69) is 22.0 Å². The topological polar surface area (TPSA) is 59.0 Å². The molecule has 1 heterocycles. The van der Waals surface area contributed by atoms with Crippen LogP contribution in [0.25, 0.3) is 0 Å². The normalized spacial score (nSPS) is 27.1. The average Bonchev–Trinajstić information content (AvgIpc) is 3.09. The molecule has 2 aliphatic carbocycles. The number of aromatic nitrogens is 2. The van der Waals surface area contributed by atoms with Crippen LogP contribution in [0.15, 0.2) is 18.5 Å². The summed E-state index contributed by atoms with van der Waals surface area (Å²) >= 11 is 1.87. The van der Waals surface area contributed by atoms with E-state index in [4.69, 9.17) is 0 Å². The molecule has 0 spiro atoms. The van der Waals surface area contributed by atoms with Crippen LogP contribution in [0.3, 0.4) is 0 Å². The van der Waals surface area contributed by atoms with Crippen molar-refractivity contribution in [2.45, 2.75) is 55.4 Å². The molecule has 2 fully saturated rings. The van der Waals surface area contributed by atoms with Gasteiger partial charge in [0.05, 0.1) is 12.1 Å². The summed E-state index contributed by atoms with van der Waals surface area (Å²) in [4.78, 5) is 12.2. The molecule has 3 rings (SSSR count). The minimum atomic E-state index is -0.0284.